The number of hydrogen-bond acceptors (Lipinski definition) is 6. The lowest BCUT2D eigenvalue weighted by atomic mass is 9.96. The second kappa shape index (κ2) is 9.55. The number of nitrogens with one attached hydrogen (secondary N) is 2. The lowest BCUT2D eigenvalue weighted by molar-refractivity contribution is -0.147. The maximum Gasteiger partial charge on any atom is 0.321 e. The summed E-state index contributed by atoms with van der Waals surface area (Å²) in [4.78, 5) is 38.6. The number of fused-ring (bicyclic) bond motifs is 1. The van der Waals surface area contributed by atoms with Crippen LogP contribution in [0.4, 0.5) is 11.4 Å². The van der Waals surface area contributed by atoms with Crippen LogP contribution in [0.3, 0.4) is 0 Å². The standard InChI is InChI=1S/C23H25N3O6S/c1-16-8-10-17(11-9-16)12-13-33(30,31)24-14-21(28)32-15-20(27)26-19-7-5-4-6-18(19)25-22(29)23(26,2)3/h4-13,24H,14-15H2,1-3H3,(H,25,29)/b13-12+. The van der Waals surface area contributed by atoms with Gasteiger partial charge in [-0.05, 0) is 44.5 Å². The number of sulfonamides is 1. The van der Waals surface area contributed by atoms with E-state index in [0.29, 0.717) is 16.9 Å². The number of nitrogens with zero attached hydrogens (tertiary/aromatic N) is 1. The van der Waals surface area contributed by atoms with Crippen LogP contribution in [0, 0.1) is 6.92 Å². The molecule has 0 fully saturated rings. The Morgan fingerprint density at radius 1 is 1.12 bits per heavy atom. The van der Waals surface area contributed by atoms with Crippen LogP contribution in [-0.4, -0.2) is 44.9 Å². The second-order valence-electron chi connectivity index (χ2n) is 8.00. The van der Waals surface area contributed by atoms with Gasteiger partial charge in [-0.25, -0.2) is 13.1 Å². The number of carbonyl (C=O) groups is 3. The van der Waals surface area contributed by atoms with Crippen LogP contribution in [0.2, 0.25) is 0 Å². The highest BCUT2D eigenvalue weighted by Gasteiger charge is 2.43. The van der Waals surface area contributed by atoms with E-state index >= 15 is 0 Å². The number of esters is 1. The number of para-hydroxylation sites is 2. The highest BCUT2D eigenvalue weighted by Crippen LogP contribution is 2.36. The van der Waals surface area contributed by atoms with E-state index in [-0.39, 0.29) is 5.91 Å². The molecule has 2 aromatic rings. The van der Waals surface area contributed by atoms with Crippen molar-refractivity contribution in [3.63, 3.8) is 0 Å². The fourth-order valence-corrected chi connectivity index (χ4v) is 3.96. The second-order valence-corrected chi connectivity index (χ2v) is 9.65. The molecule has 0 atom stereocenters. The molecular weight excluding hydrogens is 446 g/mol. The average molecular weight is 472 g/mol. The molecule has 0 aliphatic carbocycles. The van der Waals surface area contributed by atoms with Crippen molar-refractivity contribution in [3.8, 4) is 0 Å². The third-order valence-corrected chi connectivity index (χ3v) is 6.09. The van der Waals surface area contributed by atoms with Crippen LogP contribution >= 0.6 is 0 Å². The molecule has 1 aliphatic rings. The normalized spacial score (nSPS) is 15.1. The predicted molar refractivity (Wildman–Crippen MR) is 125 cm³/mol. The zero-order valence-corrected chi connectivity index (χ0v) is 19.3. The van der Waals surface area contributed by atoms with Crippen molar-refractivity contribution in [2.45, 2.75) is 26.3 Å². The summed E-state index contributed by atoms with van der Waals surface area (Å²) in [5.41, 5.74) is 1.47. The average Bonchev–Trinajstić information content (AvgIpc) is 2.76. The number of carbonyl (C=O) groups excluding carboxylic acids is 3. The first-order chi connectivity index (χ1) is 15.5. The van der Waals surface area contributed by atoms with Crippen molar-refractivity contribution >= 4 is 45.3 Å². The van der Waals surface area contributed by atoms with Crippen LogP contribution in [0.5, 0.6) is 0 Å². The molecule has 0 aromatic heterocycles. The van der Waals surface area contributed by atoms with Crippen molar-refractivity contribution in [1.82, 2.24) is 4.72 Å². The van der Waals surface area contributed by atoms with E-state index in [1.165, 1.54) is 11.0 Å². The van der Waals surface area contributed by atoms with Gasteiger partial charge in [-0.2, -0.15) is 0 Å². The molecule has 0 bridgehead atoms. The number of anilines is 2. The van der Waals surface area contributed by atoms with Crippen molar-refractivity contribution < 1.29 is 27.5 Å². The summed E-state index contributed by atoms with van der Waals surface area (Å²) >= 11 is 0. The summed E-state index contributed by atoms with van der Waals surface area (Å²) in [6, 6.07) is 14.0. The molecule has 2 amide bonds. The third-order valence-electron chi connectivity index (χ3n) is 5.05. The fraction of sp³-hybridized carbons (Fsp3) is 0.261. The maximum absolute atomic E-state index is 12.8. The van der Waals surface area contributed by atoms with Gasteiger partial charge in [0.05, 0.1) is 11.4 Å². The number of amides is 2. The molecule has 2 aromatic carbocycles. The Bertz CT molecular complexity index is 1200. The van der Waals surface area contributed by atoms with Gasteiger partial charge in [-0.1, -0.05) is 42.0 Å². The summed E-state index contributed by atoms with van der Waals surface area (Å²) in [5, 5.41) is 3.69. The predicted octanol–water partition coefficient (Wildman–Crippen LogP) is 2.19. The molecule has 1 aliphatic heterocycles. The van der Waals surface area contributed by atoms with E-state index in [0.717, 1.165) is 11.0 Å². The summed E-state index contributed by atoms with van der Waals surface area (Å²) in [5.74, 6) is -1.92. The number of rotatable bonds is 7. The molecule has 2 N–H and O–H groups in total. The van der Waals surface area contributed by atoms with Gasteiger partial charge < -0.3 is 10.1 Å². The van der Waals surface area contributed by atoms with Crippen molar-refractivity contribution in [2.75, 3.05) is 23.4 Å². The third kappa shape index (κ3) is 5.85. The highest BCUT2D eigenvalue weighted by molar-refractivity contribution is 7.92. The number of benzene rings is 2. The molecule has 0 unspecified atom stereocenters. The van der Waals surface area contributed by atoms with E-state index in [1.807, 2.05) is 19.1 Å². The van der Waals surface area contributed by atoms with Gasteiger partial charge in [0.2, 0.25) is 15.9 Å². The first-order valence-electron chi connectivity index (χ1n) is 10.1. The summed E-state index contributed by atoms with van der Waals surface area (Å²) in [7, 11) is -3.89. The monoisotopic (exact) mass is 471 g/mol. The lowest BCUT2D eigenvalue weighted by Crippen LogP contribution is -2.59. The molecule has 0 spiro atoms. The van der Waals surface area contributed by atoms with E-state index in [9.17, 15) is 22.8 Å². The Kier molecular flexibility index (Phi) is 6.99. The molecule has 3 rings (SSSR count). The van der Waals surface area contributed by atoms with Gasteiger partial charge in [0.15, 0.2) is 6.61 Å². The topological polar surface area (TPSA) is 122 Å². The van der Waals surface area contributed by atoms with Crippen LogP contribution < -0.4 is 14.9 Å². The molecular formula is C23H25N3O6S. The largest absolute Gasteiger partial charge is 0.455 e. The minimum atomic E-state index is -3.89. The highest BCUT2D eigenvalue weighted by atomic mass is 32.2. The van der Waals surface area contributed by atoms with Crippen molar-refractivity contribution in [3.05, 3.63) is 65.1 Å². The van der Waals surface area contributed by atoms with Gasteiger partial charge in [0.25, 0.3) is 5.91 Å². The Labute approximate surface area is 192 Å². The molecule has 0 radical (unpaired) electrons. The van der Waals surface area contributed by atoms with E-state index in [1.54, 1.807) is 50.2 Å². The minimum Gasteiger partial charge on any atom is -0.455 e. The van der Waals surface area contributed by atoms with E-state index in [4.69, 9.17) is 4.74 Å². The van der Waals surface area contributed by atoms with E-state index in [2.05, 4.69) is 10.0 Å². The molecule has 9 nitrogen and oxygen atoms in total. The zero-order valence-electron chi connectivity index (χ0n) is 18.5. The van der Waals surface area contributed by atoms with Crippen molar-refractivity contribution in [1.29, 1.82) is 0 Å². The maximum atomic E-state index is 12.8. The number of aryl methyl sites for hydroxylation is 1. The Morgan fingerprint density at radius 2 is 1.79 bits per heavy atom. The summed E-state index contributed by atoms with van der Waals surface area (Å²) < 4.78 is 31.3. The minimum absolute atomic E-state index is 0.381. The molecule has 0 saturated carbocycles. The Morgan fingerprint density at radius 3 is 2.48 bits per heavy atom. The summed E-state index contributed by atoms with van der Waals surface area (Å²) in [6.07, 6.45) is 1.40. The SMILES string of the molecule is Cc1ccc(/C=C/S(=O)(=O)NCC(=O)OCC(=O)N2c3ccccc3NC(=O)C2(C)C)cc1. The first-order valence-corrected chi connectivity index (χ1v) is 11.7. The van der Waals surface area contributed by atoms with Gasteiger partial charge in [0, 0.05) is 5.41 Å². The van der Waals surface area contributed by atoms with Crippen molar-refractivity contribution in [2.24, 2.45) is 0 Å². The van der Waals surface area contributed by atoms with Crippen LogP contribution in [0.1, 0.15) is 25.0 Å². The fourth-order valence-electron chi connectivity index (χ4n) is 3.21. The lowest BCUT2D eigenvalue weighted by Gasteiger charge is -2.41. The van der Waals surface area contributed by atoms with Crippen LogP contribution in [-0.2, 0) is 29.1 Å². The smallest absolute Gasteiger partial charge is 0.321 e. The quantitative estimate of drug-likeness (QED) is 0.597. The zero-order chi connectivity index (χ0) is 24.2. The molecule has 1 heterocycles. The summed E-state index contributed by atoms with van der Waals surface area (Å²) in [6.45, 7) is 3.78. The van der Waals surface area contributed by atoms with Crippen LogP contribution in [0.25, 0.3) is 6.08 Å². The van der Waals surface area contributed by atoms with Gasteiger partial charge >= 0.3 is 5.97 Å². The van der Waals surface area contributed by atoms with Gasteiger partial charge in [-0.15, -0.1) is 0 Å². The molecule has 10 heteroatoms. The first kappa shape index (κ1) is 24.1. The van der Waals surface area contributed by atoms with Gasteiger partial charge in [-0.3, -0.25) is 19.3 Å². The number of ether oxygens (including phenoxy) is 1. The Balaban J connectivity index is 1.57. The number of hydrogen-bond donors (Lipinski definition) is 2. The molecule has 0 saturated heterocycles. The molecule has 33 heavy (non-hydrogen) atoms. The van der Waals surface area contributed by atoms with Gasteiger partial charge in [0.1, 0.15) is 12.1 Å². The van der Waals surface area contributed by atoms with Crippen LogP contribution in [0.15, 0.2) is 53.9 Å². The Hall–Kier alpha value is -3.50. The van der Waals surface area contributed by atoms with E-state index < -0.39 is 40.6 Å². The molecule has 174 valence electrons.